The van der Waals surface area contributed by atoms with Gasteiger partial charge >= 0.3 is 0 Å². The molecule has 0 fully saturated rings. The highest BCUT2D eigenvalue weighted by Crippen LogP contribution is 2.26. The Morgan fingerprint density at radius 1 is 1.11 bits per heavy atom. The summed E-state index contributed by atoms with van der Waals surface area (Å²) in [6.07, 6.45) is 0. The molecule has 0 spiro atoms. The number of anilines is 1. The number of benzene rings is 2. The van der Waals surface area contributed by atoms with Crippen molar-refractivity contribution in [3.63, 3.8) is 0 Å². The second kappa shape index (κ2) is 5.87. The van der Waals surface area contributed by atoms with Crippen LogP contribution in [0.2, 0.25) is 5.02 Å². The van der Waals surface area contributed by atoms with Gasteiger partial charge in [-0.2, -0.15) is 0 Å². The molecule has 18 heavy (non-hydrogen) atoms. The standard InChI is InChI=1S/C13H8Br2ClNO/c14-8-3-1-4-9(7-8)17-13(18)10-5-2-6-11(15)12(10)16/h1-7H,(H,17,18). The quantitative estimate of drug-likeness (QED) is 0.759. The first-order valence-corrected chi connectivity index (χ1v) is 7.05. The van der Waals surface area contributed by atoms with E-state index < -0.39 is 0 Å². The number of hydrogen-bond donors (Lipinski definition) is 1. The first kappa shape index (κ1) is 13.6. The molecule has 2 nitrogen and oxygen atoms in total. The van der Waals surface area contributed by atoms with Gasteiger partial charge in [0.1, 0.15) is 0 Å². The number of carbonyl (C=O) groups excluding carboxylic acids is 1. The molecule has 0 saturated carbocycles. The molecule has 2 aromatic carbocycles. The van der Waals surface area contributed by atoms with Crippen LogP contribution in [0.3, 0.4) is 0 Å². The summed E-state index contributed by atoms with van der Waals surface area (Å²) >= 11 is 12.7. The molecule has 0 unspecified atom stereocenters. The average Bonchev–Trinajstić information content (AvgIpc) is 2.32. The Labute approximate surface area is 127 Å². The molecule has 92 valence electrons. The molecule has 0 radical (unpaired) electrons. The number of rotatable bonds is 2. The van der Waals surface area contributed by atoms with E-state index in [-0.39, 0.29) is 5.91 Å². The molecule has 0 heterocycles. The highest BCUT2D eigenvalue weighted by molar-refractivity contribution is 9.10. The van der Waals surface area contributed by atoms with E-state index in [1.807, 2.05) is 24.3 Å². The van der Waals surface area contributed by atoms with Crippen molar-refractivity contribution in [2.24, 2.45) is 0 Å². The van der Waals surface area contributed by atoms with Gasteiger partial charge in [-0.05, 0) is 46.3 Å². The Bertz CT molecular complexity index is 601. The van der Waals surface area contributed by atoms with Crippen molar-refractivity contribution < 1.29 is 4.79 Å². The van der Waals surface area contributed by atoms with Gasteiger partial charge in [-0.3, -0.25) is 4.79 Å². The van der Waals surface area contributed by atoms with Gasteiger partial charge in [0.05, 0.1) is 10.6 Å². The van der Waals surface area contributed by atoms with Crippen molar-refractivity contribution in [3.8, 4) is 0 Å². The number of nitrogens with one attached hydrogen (secondary N) is 1. The summed E-state index contributed by atoms with van der Waals surface area (Å²) in [5.41, 5.74) is 1.15. The van der Waals surface area contributed by atoms with Crippen LogP contribution < -0.4 is 5.32 Å². The summed E-state index contributed by atoms with van der Waals surface area (Å²) in [4.78, 5) is 12.1. The highest BCUT2D eigenvalue weighted by atomic mass is 79.9. The fourth-order valence-electron chi connectivity index (χ4n) is 1.44. The van der Waals surface area contributed by atoms with Gasteiger partial charge in [-0.25, -0.2) is 0 Å². The Hall–Kier alpha value is -0.840. The summed E-state index contributed by atoms with van der Waals surface area (Å²) in [6.45, 7) is 0. The van der Waals surface area contributed by atoms with Crippen LogP contribution in [0.15, 0.2) is 51.4 Å². The third-order valence-electron chi connectivity index (χ3n) is 2.28. The van der Waals surface area contributed by atoms with E-state index in [2.05, 4.69) is 37.2 Å². The Kier molecular flexibility index (Phi) is 4.43. The van der Waals surface area contributed by atoms with E-state index in [1.165, 1.54) is 0 Å². The Balaban J connectivity index is 2.25. The fraction of sp³-hybridized carbons (Fsp3) is 0. The summed E-state index contributed by atoms with van der Waals surface area (Å²) in [5.74, 6) is -0.237. The van der Waals surface area contributed by atoms with Gasteiger partial charge in [-0.15, -0.1) is 0 Å². The van der Waals surface area contributed by atoms with Crippen LogP contribution in [-0.2, 0) is 0 Å². The molecule has 2 aromatic rings. The normalized spacial score (nSPS) is 10.2. The van der Waals surface area contributed by atoms with Gasteiger partial charge in [-0.1, -0.05) is 39.7 Å². The van der Waals surface area contributed by atoms with Crippen molar-refractivity contribution in [1.82, 2.24) is 0 Å². The predicted molar refractivity (Wildman–Crippen MR) is 81.2 cm³/mol. The minimum Gasteiger partial charge on any atom is -0.322 e. The lowest BCUT2D eigenvalue weighted by Crippen LogP contribution is -2.12. The summed E-state index contributed by atoms with van der Waals surface area (Å²) in [5, 5.41) is 3.20. The number of halogens is 3. The van der Waals surface area contributed by atoms with Crippen LogP contribution in [0.4, 0.5) is 5.69 Å². The van der Waals surface area contributed by atoms with Crippen LogP contribution in [0, 0.1) is 0 Å². The zero-order chi connectivity index (χ0) is 13.1. The van der Waals surface area contributed by atoms with Gasteiger partial charge in [0, 0.05) is 14.6 Å². The van der Waals surface area contributed by atoms with E-state index in [9.17, 15) is 4.79 Å². The van der Waals surface area contributed by atoms with Gasteiger partial charge in [0.2, 0.25) is 0 Å². The zero-order valence-corrected chi connectivity index (χ0v) is 13.0. The van der Waals surface area contributed by atoms with E-state index in [0.717, 1.165) is 4.47 Å². The molecular formula is C13H8Br2ClNO. The maximum atomic E-state index is 12.1. The smallest absolute Gasteiger partial charge is 0.257 e. The van der Waals surface area contributed by atoms with E-state index in [4.69, 9.17) is 11.6 Å². The topological polar surface area (TPSA) is 29.1 Å². The van der Waals surface area contributed by atoms with Gasteiger partial charge in [0.25, 0.3) is 5.91 Å². The summed E-state index contributed by atoms with van der Waals surface area (Å²) in [7, 11) is 0. The second-order valence-corrected chi connectivity index (χ2v) is 5.71. The number of carbonyl (C=O) groups is 1. The molecule has 0 saturated heterocycles. The molecule has 0 aliphatic carbocycles. The lowest BCUT2D eigenvalue weighted by atomic mass is 10.2. The van der Waals surface area contributed by atoms with Crippen LogP contribution in [0.5, 0.6) is 0 Å². The molecule has 0 aliphatic heterocycles. The third kappa shape index (κ3) is 3.13. The van der Waals surface area contributed by atoms with Crippen molar-refractivity contribution in [1.29, 1.82) is 0 Å². The Morgan fingerprint density at radius 3 is 2.56 bits per heavy atom. The predicted octanol–water partition coefficient (Wildman–Crippen LogP) is 5.12. The number of amides is 1. The molecule has 0 aromatic heterocycles. The molecule has 2 rings (SSSR count). The lowest BCUT2D eigenvalue weighted by molar-refractivity contribution is 0.102. The van der Waals surface area contributed by atoms with Gasteiger partial charge < -0.3 is 5.32 Å². The number of hydrogen-bond acceptors (Lipinski definition) is 1. The fourth-order valence-corrected chi connectivity index (χ4v) is 2.42. The van der Waals surface area contributed by atoms with E-state index in [1.54, 1.807) is 18.2 Å². The zero-order valence-electron chi connectivity index (χ0n) is 9.08. The highest BCUT2D eigenvalue weighted by Gasteiger charge is 2.12. The molecule has 1 N–H and O–H groups in total. The molecule has 0 aliphatic rings. The summed E-state index contributed by atoms with van der Waals surface area (Å²) in [6, 6.07) is 12.6. The van der Waals surface area contributed by atoms with Crippen molar-refractivity contribution in [2.45, 2.75) is 0 Å². The molecule has 0 atom stereocenters. The largest absolute Gasteiger partial charge is 0.322 e. The second-order valence-electron chi connectivity index (χ2n) is 3.57. The molecule has 1 amide bonds. The molecular weight excluding hydrogens is 381 g/mol. The minimum absolute atomic E-state index is 0.237. The molecule has 0 bridgehead atoms. The monoisotopic (exact) mass is 387 g/mol. The third-order valence-corrected chi connectivity index (χ3v) is 4.07. The molecule has 5 heteroatoms. The van der Waals surface area contributed by atoms with Gasteiger partial charge in [0.15, 0.2) is 0 Å². The lowest BCUT2D eigenvalue weighted by Gasteiger charge is -2.08. The maximum Gasteiger partial charge on any atom is 0.257 e. The van der Waals surface area contributed by atoms with E-state index in [0.29, 0.717) is 20.7 Å². The summed E-state index contributed by atoms with van der Waals surface area (Å²) < 4.78 is 1.60. The van der Waals surface area contributed by atoms with Crippen LogP contribution >= 0.6 is 43.5 Å². The average molecular weight is 389 g/mol. The first-order chi connectivity index (χ1) is 8.58. The van der Waals surface area contributed by atoms with Crippen LogP contribution in [-0.4, -0.2) is 5.91 Å². The van der Waals surface area contributed by atoms with Crippen molar-refractivity contribution >= 4 is 55.1 Å². The van der Waals surface area contributed by atoms with Crippen LogP contribution in [0.1, 0.15) is 10.4 Å². The van der Waals surface area contributed by atoms with E-state index >= 15 is 0 Å². The minimum atomic E-state index is -0.237. The Morgan fingerprint density at radius 2 is 1.83 bits per heavy atom. The first-order valence-electron chi connectivity index (χ1n) is 5.09. The van der Waals surface area contributed by atoms with Crippen molar-refractivity contribution in [2.75, 3.05) is 5.32 Å². The maximum absolute atomic E-state index is 12.1. The SMILES string of the molecule is O=C(Nc1cccc(Br)c1)c1cccc(Br)c1Cl. The van der Waals surface area contributed by atoms with Crippen molar-refractivity contribution in [3.05, 3.63) is 62.0 Å². The van der Waals surface area contributed by atoms with Crippen LogP contribution in [0.25, 0.3) is 0 Å².